The smallest absolute Gasteiger partial charge is 0.245 e. The molecular weight excluding hydrogens is 308 g/mol. The Morgan fingerprint density at radius 2 is 2.12 bits per heavy atom. The minimum Gasteiger partial charge on any atom is -0.357 e. The first kappa shape index (κ1) is 16.5. The number of carbonyl (C=O) groups is 2. The third kappa shape index (κ3) is 3.27. The van der Waals surface area contributed by atoms with E-state index in [2.05, 4.69) is 34.3 Å². The first-order valence-corrected chi connectivity index (χ1v) is 8.13. The molecule has 2 heterocycles. The van der Waals surface area contributed by atoms with E-state index in [-0.39, 0.29) is 31.5 Å². The van der Waals surface area contributed by atoms with Gasteiger partial charge in [-0.25, -0.2) is 5.48 Å². The van der Waals surface area contributed by atoms with Crippen molar-refractivity contribution >= 4 is 22.7 Å². The number of aromatic nitrogens is 1. The Bertz CT molecular complexity index is 755. The standard InChI is InChI=1S/C17H22N4O3/c1-11-17-13(12-4-2-3-5-14(12)19-17)7-9-21(11)10-16(23)18-8-6-15(22)20-24/h2-5,11,19,24H,6-10H2,1H3,(H,18,23)(H,20,22). The normalized spacial score (nSPS) is 17.5. The number of carbonyl (C=O) groups excluding carboxylic acids is 2. The van der Waals surface area contributed by atoms with Gasteiger partial charge in [0.05, 0.1) is 6.54 Å². The second kappa shape index (κ2) is 7.02. The van der Waals surface area contributed by atoms with Gasteiger partial charge in [0.15, 0.2) is 0 Å². The van der Waals surface area contributed by atoms with E-state index in [1.54, 1.807) is 5.48 Å². The number of para-hydroxylation sites is 1. The minimum absolute atomic E-state index is 0.0595. The molecule has 1 aliphatic rings. The van der Waals surface area contributed by atoms with E-state index < -0.39 is 5.91 Å². The number of H-pyrrole nitrogens is 1. The predicted molar refractivity (Wildman–Crippen MR) is 89.5 cm³/mol. The van der Waals surface area contributed by atoms with Gasteiger partial charge in [-0.15, -0.1) is 0 Å². The van der Waals surface area contributed by atoms with Gasteiger partial charge in [-0.05, 0) is 25.0 Å². The SMILES string of the molecule is CC1c2[nH]c3ccccc3c2CCN1CC(=O)NCCC(=O)NO. The van der Waals surface area contributed by atoms with E-state index in [9.17, 15) is 9.59 Å². The van der Waals surface area contributed by atoms with Gasteiger partial charge >= 0.3 is 0 Å². The van der Waals surface area contributed by atoms with Gasteiger partial charge in [0, 0.05) is 42.1 Å². The van der Waals surface area contributed by atoms with Crippen LogP contribution in [0.3, 0.4) is 0 Å². The highest BCUT2D eigenvalue weighted by molar-refractivity contribution is 5.85. The fourth-order valence-corrected chi connectivity index (χ4v) is 3.31. The van der Waals surface area contributed by atoms with Crippen LogP contribution in [0.2, 0.25) is 0 Å². The zero-order valence-electron chi connectivity index (χ0n) is 13.6. The molecule has 1 unspecified atom stereocenters. The summed E-state index contributed by atoms with van der Waals surface area (Å²) < 4.78 is 0. The van der Waals surface area contributed by atoms with E-state index in [1.165, 1.54) is 16.6 Å². The third-order valence-electron chi connectivity index (χ3n) is 4.61. The fourth-order valence-electron chi connectivity index (χ4n) is 3.31. The fraction of sp³-hybridized carbons (Fsp3) is 0.412. The molecule has 0 fully saturated rings. The van der Waals surface area contributed by atoms with E-state index >= 15 is 0 Å². The number of amides is 2. The number of hydrogen-bond acceptors (Lipinski definition) is 4. The zero-order valence-corrected chi connectivity index (χ0v) is 13.6. The van der Waals surface area contributed by atoms with Crippen molar-refractivity contribution in [1.82, 2.24) is 20.7 Å². The number of benzene rings is 1. The van der Waals surface area contributed by atoms with Crippen molar-refractivity contribution in [1.29, 1.82) is 0 Å². The van der Waals surface area contributed by atoms with Crippen LogP contribution < -0.4 is 10.8 Å². The average Bonchev–Trinajstić information content (AvgIpc) is 2.97. The molecule has 0 radical (unpaired) electrons. The summed E-state index contributed by atoms with van der Waals surface area (Å²) in [7, 11) is 0. The average molecular weight is 330 g/mol. The van der Waals surface area contributed by atoms with Crippen molar-refractivity contribution in [2.24, 2.45) is 0 Å². The van der Waals surface area contributed by atoms with Gasteiger partial charge < -0.3 is 10.3 Å². The Kier molecular flexibility index (Phi) is 4.82. The van der Waals surface area contributed by atoms with Crippen molar-refractivity contribution in [3.05, 3.63) is 35.5 Å². The zero-order chi connectivity index (χ0) is 17.1. The van der Waals surface area contributed by atoms with E-state index in [4.69, 9.17) is 5.21 Å². The topological polar surface area (TPSA) is 97.5 Å². The highest BCUT2D eigenvalue weighted by Crippen LogP contribution is 2.33. The first-order valence-electron chi connectivity index (χ1n) is 8.13. The summed E-state index contributed by atoms with van der Waals surface area (Å²) in [6.07, 6.45) is 0.966. The molecular formula is C17H22N4O3. The lowest BCUT2D eigenvalue weighted by Gasteiger charge is -2.32. The molecule has 1 atom stereocenters. The molecule has 1 aliphatic heterocycles. The van der Waals surface area contributed by atoms with Crippen molar-refractivity contribution in [2.75, 3.05) is 19.6 Å². The van der Waals surface area contributed by atoms with Crippen LogP contribution in [-0.2, 0) is 16.0 Å². The quantitative estimate of drug-likeness (QED) is 0.487. The highest BCUT2D eigenvalue weighted by atomic mass is 16.5. The summed E-state index contributed by atoms with van der Waals surface area (Å²) in [6.45, 7) is 3.42. The molecule has 4 N–H and O–H groups in total. The maximum Gasteiger partial charge on any atom is 0.245 e. The molecule has 128 valence electrons. The van der Waals surface area contributed by atoms with Gasteiger partial charge in [0.1, 0.15) is 0 Å². The lowest BCUT2D eigenvalue weighted by molar-refractivity contribution is -0.129. The predicted octanol–water partition coefficient (Wildman–Crippen LogP) is 1.10. The number of nitrogens with zero attached hydrogens (tertiary/aromatic N) is 1. The van der Waals surface area contributed by atoms with Gasteiger partial charge in [-0.3, -0.25) is 19.7 Å². The van der Waals surface area contributed by atoms with Gasteiger partial charge in [0.25, 0.3) is 0 Å². The number of fused-ring (bicyclic) bond motifs is 3. The molecule has 2 aromatic rings. The second-order valence-corrected chi connectivity index (χ2v) is 6.09. The molecule has 2 amide bonds. The Morgan fingerprint density at radius 1 is 1.33 bits per heavy atom. The molecule has 0 saturated heterocycles. The van der Waals surface area contributed by atoms with Crippen LogP contribution in [0.15, 0.2) is 24.3 Å². The van der Waals surface area contributed by atoms with Crippen molar-refractivity contribution in [3.8, 4) is 0 Å². The Labute approximate surface area is 140 Å². The Hall–Kier alpha value is -2.38. The monoisotopic (exact) mass is 330 g/mol. The number of hydrogen-bond donors (Lipinski definition) is 4. The second-order valence-electron chi connectivity index (χ2n) is 6.09. The molecule has 24 heavy (non-hydrogen) atoms. The van der Waals surface area contributed by atoms with E-state index in [1.807, 2.05) is 12.1 Å². The molecule has 0 saturated carbocycles. The van der Waals surface area contributed by atoms with E-state index in [0.29, 0.717) is 0 Å². The summed E-state index contributed by atoms with van der Waals surface area (Å²) in [5.74, 6) is -0.628. The summed E-state index contributed by atoms with van der Waals surface area (Å²) in [6, 6.07) is 8.40. The molecule has 0 spiro atoms. The van der Waals surface area contributed by atoms with Gasteiger partial charge in [-0.1, -0.05) is 18.2 Å². The lowest BCUT2D eigenvalue weighted by atomic mass is 9.98. The summed E-state index contributed by atoms with van der Waals surface area (Å²) >= 11 is 0. The van der Waals surface area contributed by atoms with Crippen LogP contribution in [0.5, 0.6) is 0 Å². The van der Waals surface area contributed by atoms with Crippen LogP contribution in [-0.4, -0.2) is 46.5 Å². The Balaban J connectivity index is 1.62. The van der Waals surface area contributed by atoms with Crippen LogP contribution in [0.25, 0.3) is 10.9 Å². The number of hydroxylamine groups is 1. The van der Waals surface area contributed by atoms with Crippen LogP contribution >= 0.6 is 0 Å². The minimum atomic E-state index is -0.510. The number of aromatic amines is 1. The Morgan fingerprint density at radius 3 is 2.92 bits per heavy atom. The molecule has 3 rings (SSSR count). The molecule has 7 nitrogen and oxygen atoms in total. The van der Waals surface area contributed by atoms with Crippen LogP contribution in [0.1, 0.15) is 30.6 Å². The van der Waals surface area contributed by atoms with Gasteiger partial charge in [0.2, 0.25) is 11.8 Å². The summed E-state index contributed by atoms with van der Waals surface area (Å²) in [4.78, 5) is 28.6. The van der Waals surface area contributed by atoms with E-state index in [0.717, 1.165) is 18.5 Å². The van der Waals surface area contributed by atoms with Crippen molar-refractivity contribution < 1.29 is 14.8 Å². The first-order chi connectivity index (χ1) is 11.6. The maximum absolute atomic E-state index is 12.1. The number of rotatable bonds is 5. The molecule has 1 aromatic heterocycles. The largest absolute Gasteiger partial charge is 0.357 e. The third-order valence-corrected chi connectivity index (χ3v) is 4.61. The molecule has 7 heteroatoms. The van der Waals surface area contributed by atoms with Crippen LogP contribution in [0, 0.1) is 0 Å². The number of nitrogens with one attached hydrogen (secondary N) is 3. The maximum atomic E-state index is 12.1. The van der Waals surface area contributed by atoms with Crippen molar-refractivity contribution in [2.45, 2.75) is 25.8 Å². The van der Waals surface area contributed by atoms with Crippen LogP contribution in [0.4, 0.5) is 0 Å². The van der Waals surface area contributed by atoms with Crippen molar-refractivity contribution in [3.63, 3.8) is 0 Å². The van der Waals surface area contributed by atoms with Gasteiger partial charge in [-0.2, -0.15) is 0 Å². The molecule has 1 aromatic carbocycles. The molecule has 0 aliphatic carbocycles. The molecule has 0 bridgehead atoms. The highest BCUT2D eigenvalue weighted by Gasteiger charge is 2.28. The summed E-state index contributed by atoms with van der Waals surface area (Å²) in [5, 5.41) is 12.4. The summed E-state index contributed by atoms with van der Waals surface area (Å²) in [5.41, 5.74) is 5.20. The lowest BCUT2D eigenvalue weighted by Crippen LogP contribution is -2.42.